The first-order valence-corrected chi connectivity index (χ1v) is 6.47. The lowest BCUT2D eigenvalue weighted by Gasteiger charge is -2.56. The first-order valence-electron chi connectivity index (χ1n) is 6.47. The molecule has 0 N–H and O–H groups in total. The molecule has 4 heterocycles. The summed E-state index contributed by atoms with van der Waals surface area (Å²) in [6.45, 7) is 7.52. The van der Waals surface area contributed by atoms with Gasteiger partial charge in [-0.2, -0.15) is 0 Å². The van der Waals surface area contributed by atoms with E-state index in [2.05, 4.69) is 48.7 Å². The molecule has 0 aromatic carbocycles. The third kappa shape index (κ3) is 1.29. The van der Waals surface area contributed by atoms with Crippen molar-refractivity contribution in [2.45, 2.75) is 38.6 Å². The number of piperidine rings is 3. The van der Waals surface area contributed by atoms with E-state index in [0.717, 1.165) is 5.92 Å². The number of fused-ring (bicyclic) bond motifs is 3. The van der Waals surface area contributed by atoms with Gasteiger partial charge in [0, 0.05) is 30.9 Å². The number of aromatic nitrogens is 1. The third-order valence-corrected chi connectivity index (χ3v) is 5.05. The summed E-state index contributed by atoms with van der Waals surface area (Å²) in [5, 5.41) is 0. The minimum absolute atomic E-state index is 0.528. The quantitative estimate of drug-likeness (QED) is 0.703. The largest absolute Gasteiger partial charge is 0.354 e. The predicted molar refractivity (Wildman–Crippen MR) is 66.5 cm³/mol. The Morgan fingerprint density at radius 3 is 2.50 bits per heavy atom. The first kappa shape index (κ1) is 10.4. The highest BCUT2D eigenvalue weighted by atomic mass is 15.2. The number of aryl methyl sites for hydroxylation is 1. The maximum absolute atomic E-state index is 2.67. The zero-order valence-electron chi connectivity index (χ0n) is 10.6. The van der Waals surface area contributed by atoms with Gasteiger partial charge in [-0.1, -0.05) is 6.92 Å². The van der Waals surface area contributed by atoms with Crippen molar-refractivity contribution in [2.75, 3.05) is 13.1 Å². The van der Waals surface area contributed by atoms with E-state index in [-0.39, 0.29) is 0 Å². The van der Waals surface area contributed by atoms with Crippen LogP contribution in [0.4, 0.5) is 0 Å². The van der Waals surface area contributed by atoms with Crippen molar-refractivity contribution in [1.82, 2.24) is 9.47 Å². The van der Waals surface area contributed by atoms with Crippen LogP contribution in [0, 0.1) is 5.41 Å². The van der Waals surface area contributed by atoms with E-state index in [4.69, 9.17) is 0 Å². The second kappa shape index (κ2) is 3.36. The average molecular weight is 218 g/mol. The summed E-state index contributed by atoms with van der Waals surface area (Å²) in [6, 6.07) is 5.21. The Morgan fingerprint density at radius 1 is 1.31 bits per heavy atom. The normalized spacial score (nSPS) is 42.6. The Kier molecular flexibility index (Phi) is 2.19. The van der Waals surface area contributed by atoms with Crippen LogP contribution < -0.4 is 0 Å². The lowest BCUT2D eigenvalue weighted by Crippen LogP contribution is -2.57. The number of hydrogen-bond acceptors (Lipinski definition) is 1. The maximum atomic E-state index is 2.67. The number of rotatable bonds is 1. The van der Waals surface area contributed by atoms with E-state index >= 15 is 0 Å². The van der Waals surface area contributed by atoms with Gasteiger partial charge in [-0.3, -0.25) is 4.90 Å². The zero-order valence-corrected chi connectivity index (χ0v) is 10.6. The molecule has 0 saturated carbocycles. The van der Waals surface area contributed by atoms with E-state index in [0.29, 0.717) is 11.5 Å². The Labute approximate surface area is 98.2 Å². The van der Waals surface area contributed by atoms with Gasteiger partial charge >= 0.3 is 0 Å². The lowest BCUT2D eigenvalue weighted by atomic mass is 9.62. The van der Waals surface area contributed by atoms with E-state index in [1.54, 1.807) is 0 Å². The molecule has 2 bridgehead atoms. The molecule has 88 valence electrons. The molecule has 3 aliphatic rings. The fourth-order valence-electron chi connectivity index (χ4n) is 3.95. The van der Waals surface area contributed by atoms with Crippen LogP contribution >= 0.6 is 0 Å². The Hall–Kier alpha value is -0.760. The van der Waals surface area contributed by atoms with Crippen LogP contribution in [0.25, 0.3) is 0 Å². The van der Waals surface area contributed by atoms with Gasteiger partial charge in [0.1, 0.15) is 0 Å². The maximum Gasteiger partial charge on any atom is 0.0223 e. The van der Waals surface area contributed by atoms with Crippen molar-refractivity contribution >= 4 is 0 Å². The average Bonchev–Trinajstić information content (AvgIpc) is 2.65. The van der Waals surface area contributed by atoms with Gasteiger partial charge in [0.2, 0.25) is 0 Å². The highest BCUT2D eigenvalue weighted by Gasteiger charge is 2.48. The molecule has 0 radical (unpaired) electrons. The van der Waals surface area contributed by atoms with Crippen LogP contribution in [-0.2, 0) is 7.05 Å². The molecule has 0 amide bonds. The van der Waals surface area contributed by atoms with E-state index in [9.17, 15) is 0 Å². The molecule has 3 aliphatic heterocycles. The SMILES string of the molecule is C[C@@H]1C(c2cccn2C)C2(C)CCN1CC2. The monoisotopic (exact) mass is 218 g/mol. The summed E-state index contributed by atoms with van der Waals surface area (Å²) in [6.07, 6.45) is 4.92. The van der Waals surface area contributed by atoms with Crippen LogP contribution in [-0.4, -0.2) is 28.6 Å². The molecule has 1 aromatic rings. The highest BCUT2D eigenvalue weighted by molar-refractivity contribution is 5.21. The van der Waals surface area contributed by atoms with Gasteiger partial charge in [-0.05, 0) is 50.4 Å². The van der Waals surface area contributed by atoms with Gasteiger partial charge in [0.05, 0.1) is 0 Å². The van der Waals surface area contributed by atoms with Gasteiger partial charge in [-0.15, -0.1) is 0 Å². The van der Waals surface area contributed by atoms with Gasteiger partial charge in [0.15, 0.2) is 0 Å². The lowest BCUT2D eigenvalue weighted by molar-refractivity contribution is -0.0291. The van der Waals surface area contributed by atoms with Crippen LogP contribution in [0.2, 0.25) is 0 Å². The van der Waals surface area contributed by atoms with Crippen LogP contribution in [0.15, 0.2) is 18.3 Å². The van der Waals surface area contributed by atoms with E-state index in [1.807, 2.05) is 0 Å². The van der Waals surface area contributed by atoms with Crippen LogP contribution in [0.5, 0.6) is 0 Å². The topological polar surface area (TPSA) is 8.17 Å². The molecule has 2 atom stereocenters. The summed E-state index contributed by atoms with van der Waals surface area (Å²) in [4.78, 5) is 2.67. The highest BCUT2D eigenvalue weighted by Crippen LogP contribution is 2.52. The molecular weight excluding hydrogens is 196 g/mol. The van der Waals surface area contributed by atoms with Gasteiger partial charge < -0.3 is 4.57 Å². The molecule has 4 rings (SSSR count). The van der Waals surface area contributed by atoms with Crippen LogP contribution in [0.3, 0.4) is 0 Å². The Morgan fingerprint density at radius 2 is 2.00 bits per heavy atom. The van der Waals surface area contributed by atoms with Crippen molar-refractivity contribution in [3.8, 4) is 0 Å². The molecule has 1 unspecified atom stereocenters. The Balaban J connectivity index is 2.03. The molecule has 2 nitrogen and oxygen atoms in total. The minimum atomic E-state index is 0.528. The van der Waals surface area contributed by atoms with Crippen molar-refractivity contribution in [1.29, 1.82) is 0 Å². The molecule has 16 heavy (non-hydrogen) atoms. The van der Waals surface area contributed by atoms with Gasteiger partial charge in [-0.25, -0.2) is 0 Å². The van der Waals surface area contributed by atoms with E-state index in [1.165, 1.54) is 31.6 Å². The molecule has 1 aromatic heterocycles. The standard InChI is InChI=1S/C14H22N2/c1-11-13(12-5-4-8-15(12)3)14(2)6-9-16(11)10-7-14/h4-5,8,11,13H,6-7,9-10H2,1-3H3/t11-,13?/m1/s1. The predicted octanol–water partition coefficient (Wildman–Crippen LogP) is 2.61. The van der Waals surface area contributed by atoms with Crippen molar-refractivity contribution in [2.24, 2.45) is 12.5 Å². The zero-order chi connectivity index (χ0) is 11.3. The molecule has 0 spiro atoms. The van der Waals surface area contributed by atoms with Crippen molar-refractivity contribution in [3.63, 3.8) is 0 Å². The first-order chi connectivity index (χ1) is 7.62. The molecule has 3 fully saturated rings. The fraction of sp³-hybridized carbons (Fsp3) is 0.714. The minimum Gasteiger partial charge on any atom is -0.354 e. The van der Waals surface area contributed by atoms with E-state index < -0.39 is 0 Å². The third-order valence-electron chi connectivity index (χ3n) is 5.05. The summed E-state index contributed by atoms with van der Waals surface area (Å²) in [5.74, 6) is 0.718. The molecule has 3 saturated heterocycles. The number of hydrogen-bond donors (Lipinski definition) is 0. The fourth-order valence-corrected chi connectivity index (χ4v) is 3.95. The summed E-state index contributed by atoms with van der Waals surface area (Å²) >= 11 is 0. The summed E-state index contributed by atoms with van der Waals surface area (Å²) in [7, 11) is 2.18. The Bertz CT molecular complexity index is 385. The molecular formula is C14H22N2. The summed E-state index contributed by atoms with van der Waals surface area (Å²) < 4.78 is 2.31. The van der Waals surface area contributed by atoms with Crippen LogP contribution in [0.1, 0.15) is 38.3 Å². The molecule has 0 aliphatic carbocycles. The second-order valence-electron chi connectivity index (χ2n) is 5.95. The van der Waals surface area contributed by atoms with Crippen molar-refractivity contribution < 1.29 is 0 Å². The summed E-state index contributed by atoms with van der Waals surface area (Å²) in [5.41, 5.74) is 2.06. The second-order valence-corrected chi connectivity index (χ2v) is 5.95. The van der Waals surface area contributed by atoms with Crippen molar-refractivity contribution in [3.05, 3.63) is 24.0 Å². The smallest absolute Gasteiger partial charge is 0.0223 e. The number of nitrogens with zero attached hydrogens (tertiary/aromatic N) is 2. The van der Waals surface area contributed by atoms with Gasteiger partial charge in [0.25, 0.3) is 0 Å². The molecule has 2 heteroatoms.